The highest BCUT2D eigenvalue weighted by Gasteiger charge is 2.35. The van der Waals surface area contributed by atoms with Crippen LogP contribution in [0.15, 0.2) is 152 Å². The lowest BCUT2D eigenvalue weighted by atomic mass is 9.67. The first-order chi connectivity index (χ1) is 19.4. The average Bonchev–Trinajstić information content (AvgIpc) is 2.98. The van der Waals surface area contributed by atoms with Gasteiger partial charge in [-0.15, -0.1) is 50.5 Å². The van der Waals surface area contributed by atoms with Gasteiger partial charge in [0.15, 0.2) is 0 Å². The summed E-state index contributed by atoms with van der Waals surface area (Å²) in [5.41, 5.74) is 8.91. The Morgan fingerprint density at radius 2 is 1.15 bits per heavy atom. The lowest BCUT2D eigenvalue weighted by Crippen LogP contribution is -2.28. The third-order valence-electron chi connectivity index (χ3n) is 8.20. The number of rotatable bonds is 5. The lowest BCUT2D eigenvalue weighted by Gasteiger charge is -2.36. The molecule has 4 heteroatoms. The quantitative estimate of drug-likeness (QED) is 0.163. The van der Waals surface area contributed by atoms with Gasteiger partial charge < -0.3 is 0 Å². The highest BCUT2D eigenvalue weighted by atomic mass is 32.1. The molecule has 1 atom stereocenters. The molecule has 0 fully saturated rings. The van der Waals surface area contributed by atoms with Crippen LogP contribution in [0.2, 0.25) is 0 Å². The van der Waals surface area contributed by atoms with Crippen molar-refractivity contribution in [2.24, 2.45) is 5.92 Å². The minimum absolute atomic E-state index is 0.427. The molecular weight excluding hydrogens is 561 g/mol. The molecule has 0 bridgehead atoms. The minimum Gasteiger partial charge on any atom is -0.143 e. The molecular formula is C36H30S4. The van der Waals surface area contributed by atoms with Crippen LogP contribution in [0.3, 0.4) is 0 Å². The molecule has 0 radical (unpaired) electrons. The van der Waals surface area contributed by atoms with Gasteiger partial charge in [-0.25, -0.2) is 0 Å². The number of allylic oxidation sites excluding steroid dienone is 8. The van der Waals surface area contributed by atoms with E-state index in [9.17, 15) is 0 Å². The Kier molecular flexibility index (Phi) is 7.71. The van der Waals surface area contributed by atoms with Gasteiger partial charge in [0, 0.05) is 30.9 Å². The topological polar surface area (TPSA) is 0 Å². The summed E-state index contributed by atoms with van der Waals surface area (Å²) in [6.07, 6.45) is 14.6. The number of hydrogen-bond donors (Lipinski definition) is 4. The Balaban J connectivity index is 1.59. The minimum atomic E-state index is -0.434. The fraction of sp³-hybridized carbons (Fsp3) is 0.111. The van der Waals surface area contributed by atoms with Crippen molar-refractivity contribution < 1.29 is 0 Å². The molecule has 0 spiro atoms. The smallest absolute Gasteiger partial charge is 0.0420 e. The molecule has 0 saturated heterocycles. The number of hydrogen-bond acceptors (Lipinski definition) is 4. The third-order valence-corrected chi connectivity index (χ3v) is 9.76. The van der Waals surface area contributed by atoms with Crippen LogP contribution in [0.5, 0.6) is 0 Å². The fourth-order valence-corrected chi connectivity index (χ4v) is 6.92. The fourth-order valence-electron chi connectivity index (χ4n) is 5.84. The van der Waals surface area contributed by atoms with Crippen molar-refractivity contribution in [3.05, 3.63) is 144 Å². The maximum atomic E-state index is 4.87. The molecule has 0 aliphatic heterocycles. The Morgan fingerprint density at radius 1 is 0.625 bits per heavy atom. The summed E-state index contributed by atoms with van der Waals surface area (Å²) in [4.78, 5) is 3.73. The molecule has 4 aromatic rings. The van der Waals surface area contributed by atoms with Crippen LogP contribution in [0.1, 0.15) is 24.5 Å². The zero-order chi connectivity index (χ0) is 27.9. The Labute approximate surface area is 259 Å². The van der Waals surface area contributed by atoms with E-state index in [1.54, 1.807) is 0 Å². The summed E-state index contributed by atoms with van der Waals surface area (Å²) in [7, 11) is 0. The van der Waals surface area contributed by atoms with Crippen molar-refractivity contribution in [1.82, 2.24) is 0 Å². The number of thiol groups is 4. The first-order valence-corrected chi connectivity index (χ1v) is 15.2. The van der Waals surface area contributed by atoms with Gasteiger partial charge in [0.05, 0.1) is 0 Å². The largest absolute Gasteiger partial charge is 0.143 e. The van der Waals surface area contributed by atoms with Gasteiger partial charge in [0.2, 0.25) is 0 Å². The monoisotopic (exact) mass is 590 g/mol. The molecule has 0 N–H and O–H groups in total. The van der Waals surface area contributed by atoms with Gasteiger partial charge in [0.25, 0.3) is 0 Å². The maximum absolute atomic E-state index is 4.87. The third kappa shape index (κ3) is 4.96. The predicted octanol–water partition coefficient (Wildman–Crippen LogP) is 10.5. The van der Waals surface area contributed by atoms with Crippen LogP contribution < -0.4 is 0 Å². The van der Waals surface area contributed by atoms with E-state index in [1.807, 2.05) is 24.3 Å². The molecule has 2 aliphatic carbocycles. The second kappa shape index (κ2) is 11.3. The number of fused-ring (bicyclic) bond motifs is 1. The molecule has 0 amide bonds. The van der Waals surface area contributed by atoms with E-state index >= 15 is 0 Å². The van der Waals surface area contributed by atoms with E-state index in [2.05, 4.69) is 104 Å². The van der Waals surface area contributed by atoms with Crippen LogP contribution in [-0.2, 0) is 5.41 Å². The molecule has 198 valence electrons. The lowest BCUT2D eigenvalue weighted by molar-refractivity contribution is 0.660. The summed E-state index contributed by atoms with van der Waals surface area (Å²) in [5.74, 6) is 0.427. The van der Waals surface area contributed by atoms with Crippen molar-refractivity contribution in [3.63, 3.8) is 0 Å². The molecule has 1 unspecified atom stereocenters. The summed E-state index contributed by atoms with van der Waals surface area (Å²) >= 11 is 19.3. The maximum Gasteiger partial charge on any atom is 0.0420 e. The highest BCUT2D eigenvalue weighted by Crippen LogP contribution is 2.47. The van der Waals surface area contributed by atoms with Gasteiger partial charge in [0.1, 0.15) is 0 Å². The van der Waals surface area contributed by atoms with E-state index in [0.29, 0.717) is 5.92 Å². The number of benzene rings is 4. The first-order valence-electron chi connectivity index (χ1n) is 13.4. The highest BCUT2D eigenvalue weighted by molar-refractivity contribution is 7.81. The second-order valence-electron chi connectivity index (χ2n) is 10.5. The van der Waals surface area contributed by atoms with E-state index in [4.69, 9.17) is 50.5 Å². The van der Waals surface area contributed by atoms with Crippen LogP contribution in [0.4, 0.5) is 0 Å². The van der Waals surface area contributed by atoms with E-state index < -0.39 is 5.41 Å². The summed E-state index contributed by atoms with van der Waals surface area (Å²) in [5, 5.41) is 0. The standard InChI is InChI=1S/C36H30S4/c1-36(25-15-14-23-8-2-3-9-24(23)20-25,26-16-18-34(39)30(21-26)28-10-4-6-12-32(28)37)27-17-19-35(40)31(22-27)29-11-5-7-13-33(29)38/h2-13,15-23,37-40H,14H2,1H3. The molecule has 2 aliphatic rings. The zero-order valence-corrected chi connectivity index (χ0v) is 25.7. The average molecular weight is 591 g/mol. The molecule has 0 saturated carbocycles. The zero-order valence-electron chi connectivity index (χ0n) is 22.1. The van der Waals surface area contributed by atoms with Gasteiger partial charge >= 0.3 is 0 Å². The molecule has 4 aromatic carbocycles. The predicted molar refractivity (Wildman–Crippen MR) is 182 cm³/mol. The van der Waals surface area contributed by atoms with Gasteiger partial charge in [-0.1, -0.05) is 85.0 Å². The van der Waals surface area contributed by atoms with E-state index in [-0.39, 0.29) is 0 Å². The Bertz CT molecular complexity index is 1640. The molecule has 0 aromatic heterocycles. The Morgan fingerprint density at radius 3 is 1.70 bits per heavy atom. The van der Waals surface area contributed by atoms with Crippen molar-refractivity contribution in [1.29, 1.82) is 0 Å². The summed E-state index contributed by atoms with van der Waals surface area (Å²) in [6.45, 7) is 2.34. The molecule has 0 heterocycles. The van der Waals surface area contributed by atoms with Gasteiger partial charge in [-0.2, -0.15) is 0 Å². The van der Waals surface area contributed by atoms with Crippen molar-refractivity contribution in [2.45, 2.75) is 38.3 Å². The van der Waals surface area contributed by atoms with Crippen LogP contribution in [0, 0.1) is 5.92 Å². The SMILES string of the molecule is CC(C1=CCC2C=CC=CC2=C1)(c1ccc(S)c(-c2ccccc2S)c1)c1ccc(S)c(-c2ccccc2S)c1. The summed E-state index contributed by atoms with van der Waals surface area (Å²) < 4.78 is 0. The van der Waals surface area contributed by atoms with Crippen molar-refractivity contribution >= 4 is 50.5 Å². The van der Waals surface area contributed by atoms with Crippen LogP contribution in [-0.4, -0.2) is 0 Å². The van der Waals surface area contributed by atoms with Crippen LogP contribution >= 0.6 is 50.5 Å². The van der Waals surface area contributed by atoms with E-state index in [1.165, 1.54) is 22.3 Å². The Hall–Kier alpha value is -2.76. The molecule has 40 heavy (non-hydrogen) atoms. The van der Waals surface area contributed by atoms with Crippen LogP contribution in [0.25, 0.3) is 22.3 Å². The van der Waals surface area contributed by atoms with Crippen molar-refractivity contribution in [3.8, 4) is 22.3 Å². The molecule has 0 nitrogen and oxygen atoms in total. The van der Waals surface area contributed by atoms with E-state index in [0.717, 1.165) is 48.3 Å². The summed E-state index contributed by atoms with van der Waals surface area (Å²) in [6, 6.07) is 29.7. The van der Waals surface area contributed by atoms with Crippen molar-refractivity contribution in [2.75, 3.05) is 0 Å². The second-order valence-corrected chi connectivity index (χ2v) is 12.4. The molecule has 6 rings (SSSR count). The van der Waals surface area contributed by atoms with Gasteiger partial charge in [-0.05, 0) is 94.3 Å². The first kappa shape index (κ1) is 27.4. The normalized spacial score (nSPS) is 16.4. The van der Waals surface area contributed by atoms with Gasteiger partial charge in [-0.3, -0.25) is 0 Å².